The lowest BCUT2D eigenvalue weighted by atomic mass is 10.1. The first-order valence-electron chi connectivity index (χ1n) is 8.27. The molecule has 10 heteroatoms. The minimum absolute atomic E-state index is 0.0829. The van der Waals surface area contributed by atoms with Gasteiger partial charge < -0.3 is 9.84 Å². The first-order chi connectivity index (χ1) is 13.7. The first kappa shape index (κ1) is 22.2. The number of hydrogen-bond donors (Lipinski definition) is 2. The Balaban J connectivity index is 2.09. The quantitative estimate of drug-likeness (QED) is 0.447. The second-order valence-corrected chi connectivity index (χ2v) is 7.45. The molecule has 0 aliphatic heterocycles. The molecule has 0 radical (unpaired) electrons. The summed E-state index contributed by atoms with van der Waals surface area (Å²) in [5.41, 5.74) is 0.459. The van der Waals surface area contributed by atoms with Crippen LogP contribution in [0.25, 0.3) is 6.08 Å². The van der Waals surface area contributed by atoms with E-state index >= 15 is 0 Å². The largest absolute Gasteiger partial charge is 0.481 e. The average Bonchev–Trinajstić information content (AvgIpc) is 2.66. The zero-order valence-electron chi connectivity index (χ0n) is 14.9. The molecule has 0 saturated heterocycles. The van der Waals surface area contributed by atoms with Crippen LogP contribution < -0.4 is 9.46 Å². The Hall–Kier alpha value is -3.11. The Bertz CT molecular complexity index is 1000. The zero-order chi connectivity index (χ0) is 21.4. The summed E-state index contributed by atoms with van der Waals surface area (Å²) in [7, 11) is -3.90. The van der Waals surface area contributed by atoms with E-state index in [1.54, 1.807) is 6.07 Å². The van der Waals surface area contributed by atoms with Crippen LogP contribution in [0.5, 0.6) is 5.75 Å². The molecule has 2 aromatic rings. The molecule has 0 saturated carbocycles. The number of carbonyl (C=O) groups excluding carboxylic acids is 1. The maximum atomic E-state index is 12.4. The molecule has 2 N–H and O–H groups in total. The van der Waals surface area contributed by atoms with Gasteiger partial charge in [-0.2, -0.15) is 8.78 Å². The number of halogens is 2. The van der Waals surface area contributed by atoms with Crippen molar-refractivity contribution in [2.75, 3.05) is 6.54 Å². The molecule has 2 aromatic carbocycles. The highest BCUT2D eigenvalue weighted by Crippen LogP contribution is 2.22. The number of ketones is 1. The summed E-state index contributed by atoms with van der Waals surface area (Å²) >= 11 is 0. The highest BCUT2D eigenvalue weighted by atomic mass is 32.2. The number of ether oxygens (including phenoxy) is 1. The third kappa shape index (κ3) is 6.77. The third-order valence-electron chi connectivity index (χ3n) is 3.63. The van der Waals surface area contributed by atoms with E-state index < -0.39 is 28.4 Å². The van der Waals surface area contributed by atoms with Gasteiger partial charge in [0.2, 0.25) is 10.0 Å². The number of para-hydroxylation sites is 1. The van der Waals surface area contributed by atoms with Crippen molar-refractivity contribution in [1.82, 2.24) is 4.72 Å². The summed E-state index contributed by atoms with van der Waals surface area (Å²) in [6.07, 6.45) is 2.11. The van der Waals surface area contributed by atoms with Gasteiger partial charge in [-0.05, 0) is 42.5 Å². The minimum atomic E-state index is -3.90. The van der Waals surface area contributed by atoms with E-state index in [-0.39, 0.29) is 34.7 Å². The monoisotopic (exact) mass is 425 g/mol. The lowest BCUT2D eigenvalue weighted by Crippen LogP contribution is -2.26. The Labute approximate surface area is 165 Å². The molecule has 29 heavy (non-hydrogen) atoms. The molecule has 0 amide bonds. The second-order valence-electron chi connectivity index (χ2n) is 5.68. The van der Waals surface area contributed by atoms with E-state index in [0.717, 1.165) is 6.08 Å². The minimum Gasteiger partial charge on any atom is -0.481 e. The van der Waals surface area contributed by atoms with E-state index in [9.17, 15) is 26.8 Å². The van der Waals surface area contributed by atoms with Crippen molar-refractivity contribution >= 4 is 27.9 Å². The molecule has 154 valence electrons. The number of aliphatic carboxylic acids is 1. The Morgan fingerprint density at radius 3 is 2.38 bits per heavy atom. The van der Waals surface area contributed by atoms with Crippen molar-refractivity contribution in [2.45, 2.75) is 17.9 Å². The Morgan fingerprint density at radius 2 is 1.76 bits per heavy atom. The van der Waals surface area contributed by atoms with Crippen molar-refractivity contribution in [3.05, 3.63) is 65.7 Å². The number of alkyl halides is 2. The van der Waals surface area contributed by atoms with Crippen LogP contribution in [0.4, 0.5) is 8.78 Å². The van der Waals surface area contributed by atoms with Gasteiger partial charge in [-0.15, -0.1) is 0 Å². The third-order valence-corrected chi connectivity index (χ3v) is 5.11. The number of carboxylic acids is 1. The molecule has 0 atom stereocenters. The fourth-order valence-electron chi connectivity index (χ4n) is 2.26. The smallest absolute Gasteiger partial charge is 0.387 e. The molecule has 0 fully saturated rings. The molecule has 0 unspecified atom stereocenters. The van der Waals surface area contributed by atoms with Crippen LogP contribution in [0.3, 0.4) is 0 Å². The second kappa shape index (κ2) is 9.89. The van der Waals surface area contributed by atoms with Crippen LogP contribution in [0, 0.1) is 0 Å². The Morgan fingerprint density at radius 1 is 1.10 bits per heavy atom. The van der Waals surface area contributed by atoms with Gasteiger partial charge in [0.1, 0.15) is 5.75 Å². The number of allylic oxidation sites excluding steroid dienone is 1. The van der Waals surface area contributed by atoms with Crippen LogP contribution in [-0.4, -0.2) is 38.4 Å². The van der Waals surface area contributed by atoms with Crippen LogP contribution in [0.2, 0.25) is 0 Å². The van der Waals surface area contributed by atoms with Gasteiger partial charge in [-0.3, -0.25) is 9.59 Å². The molecule has 0 spiro atoms. The van der Waals surface area contributed by atoms with Crippen LogP contribution in [0.1, 0.15) is 22.3 Å². The summed E-state index contributed by atoms with van der Waals surface area (Å²) in [6.45, 7) is -3.26. The van der Waals surface area contributed by atoms with Crippen molar-refractivity contribution in [3.63, 3.8) is 0 Å². The molecule has 0 aromatic heterocycles. The molecular weight excluding hydrogens is 408 g/mol. The maximum absolute atomic E-state index is 12.4. The van der Waals surface area contributed by atoms with Crippen molar-refractivity contribution in [3.8, 4) is 5.75 Å². The van der Waals surface area contributed by atoms with Gasteiger partial charge in [-0.1, -0.05) is 18.2 Å². The molecule has 0 heterocycles. The maximum Gasteiger partial charge on any atom is 0.387 e. The number of benzene rings is 2. The van der Waals surface area contributed by atoms with E-state index in [4.69, 9.17) is 5.11 Å². The summed E-state index contributed by atoms with van der Waals surface area (Å²) in [5, 5.41) is 8.55. The van der Waals surface area contributed by atoms with Gasteiger partial charge in [0.25, 0.3) is 0 Å². The lowest BCUT2D eigenvalue weighted by molar-refractivity contribution is -0.136. The van der Waals surface area contributed by atoms with Crippen LogP contribution in [0.15, 0.2) is 59.5 Å². The predicted octanol–water partition coefficient (Wildman–Crippen LogP) is 2.94. The van der Waals surface area contributed by atoms with Crippen molar-refractivity contribution in [1.29, 1.82) is 0 Å². The fraction of sp³-hybridized carbons (Fsp3) is 0.158. The van der Waals surface area contributed by atoms with Gasteiger partial charge in [0.05, 0.1) is 11.3 Å². The standard InChI is InChI=1S/C19H17F2NO6S/c20-19(21)28-17-4-2-1-3-14(17)7-10-16(23)13-5-8-15(9-6-13)29(26,27)22-12-11-18(24)25/h1-10,19,22H,11-12H2,(H,24,25)/b10-7+. The molecule has 7 nitrogen and oxygen atoms in total. The van der Waals surface area contributed by atoms with Crippen molar-refractivity contribution < 1.29 is 36.6 Å². The van der Waals surface area contributed by atoms with Gasteiger partial charge in [0.15, 0.2) is 5.78 Å². The molecule has 0 bridgehead atoms. The van der Waals surface area contributed by atoms with Crippen LogP contribution in [-0.2, 0) is 14.8 Å². The number of rotatable bonds is 10. The summed E-state index contributed by atoms with van der Waals surface area (Å²) in [4.78, 5) is 22.6. The predicted molar refractivity (Wildman–Crippen MR) is 100 cm³/mol. The highest BCUT2D eigenvalue weighted by Gasteiger charge is 2.15. The number of hydrogen-bond acceptors (Lipinski definition) is 5. The van der Waals surface area contributed by atoms with Crippen molar-refractivity contribution in [2.24, 2.45) is 0 Å². The number of carbonyl (C=O) groups is 2. The normalized spacial score (nSPS) is 11.7. The number of carboxylic acid groups (broad SMARTS) is 1. The topological polar surface area (TPSA) is 110 Å². The molecule has 2 rings (SSSR count). The zero-order valence-corrected chi connectivity index (χ0v) is 15.7. The SMILES string of the molecule is O=C(O)CCNS(=O)(=O)c1ccc(C(=O)/C=C/c2ccccc2OC(F)F)cc1. The fourth-order valence-corrected chi connectivity index (χ4v) is 3.29. The van der Waals surface area contributed by atoms with E-state index in [1.807, 2.05) is 0 Å². The average molecular weight is 425 g/mol. The van der Waals surface area contributed by atoms with Crippen LogP contribution >= 0.6 is 0 Å². The molecule has 0 aliphatic rings. The lowest BCUT2D eigenvalue weighted by Gasteiger charge is -2.07. The van der Waals surface area contributed by atoms with E-state index in [1.165, 1.54) is 48.5 Å². The van der Waals surface area contributed by atoms with E-state index in [0.29, 0.717) is 0 Å². The molecular formula is C19H17F2NO6S. The van der Waals surface area contributed by atoms with Gasteiger partial charge in [-0.25, -0.2) is 13.1 Å². The van der Waals surface area contributed by atoms with E-state index in [2.05, 4.69) is 9.46 Å². The van der Waals surface area contributed by atoms with Gasteiger partial charge >= 0.3 is 12.6 Å². The number of nitrogens with one attached hydrogen (secondary N) is 1. The Kier molecular flexibility index (Phi) is 7.57. The first-order valence-corrected chi connectivity index (χ1v) is 9.75. The summed E-state index contributed by atoms with van der Waals surface area (Å²) < 4.78 is 55.5. The number of sulfonamides is 1. The van der Waals surface area contributed by atoms with Gasteiger partial charge in [0, 0.05) is 17.7 Å². The highest BCUT2D eigenvalue weighted by molar-refractivity contribution is 7.89. The summed E-state index contributed by atoms with van der Waals surface area (Å²) in [5.74, 6) is -1.69. The molecule has 0 aliphatic carbocycles. The summed E-state index contributed by atoms with van der Waals surface area (Å²) in [6, 6.07) is 10.9.